The molecule has 0 saturated heterocycles. The van der Waals surface area contributed by atoms with Crippen LogP contribution >= 0.6 is 0 Å². The summed E-state index contributed by atoms with van der Waals surface area (Å²) in [6.45, 7) is 5.00. The number of aromatic nitrogens is 2. The zero-order valence-corrected chi connectivity index (χ0v) is 11.2. The Morgan fingerprint density at radius 3 is 2.20 bits per heavy atom. The van der Waals surface area contributed by atoms with E-state index in [1.807, 2.05) is 0 Å². The topological polar surface area (TPSA) is 90.1 Å². The average molecular weight is 292 g/mol. The van der Waals surface area contributed by atoms with E-state index in [0.29, 0.717) is 0 Å². The summed E-state index contributed by atoms with van der Waals surface area (Å²) in [6.07, 6.45) is -3.58. The van der Waals surface area contributed by atoms with Crippen LogP contribution in [0.25, 0.3) is 0 Å². The molecule has 0 aliphatic rings. The van der Waals surface area contributed by atoms with Crippen LogP contribution in [0, 0.1) is 0 Å². The molecule has 1 rings (SSSR count). The van der Waals surface area contributed by atoms with E-state index in [1.165, 1.54) is 0 Å². The number of hydrogen-bond donors (Lipinski definition) is 2. The van der Waals surface area contributed by atoms with Crippen molar-refractivity contribution in [1.82, 2.24) is 9.97 Å². The number of rotatable bonds is 2. The van der Waals surface area contributed by atoms with E-state index in [2.05, 4.69) is 15.3 Å². The van der Waals surface area contributed by atoms with Crippen LogP contribution in [0.1, 0.15) is 32.4 Å². The highest BCUT2D eigenvalue weighted by atomic mass is 19.4. The van der Waals surface area contributed by atoms with E-state index in [0.717, 1.165) is 12.4 Å². The summed E-state index contributed by atoms with van der Waals surface area (Å²) in [6, 6.07) is -2.17. The Hall–Kier alpha value is -1.90. The number of alkyl halides is 3. The van der Waals surface area contributed by atoms with E-state index >= 15 is 0 Å². The largest absolute Gasteiger partial charge is 0.444 e. The van der Waals surface area contributed by atoms with Crippen molar-refractivity contribution in [1.29, 1.82) is 0 Å². The second-order valence-electron chi connectivity index (χ2n) is 4.99. The van der Waals surface area contributed by atoms with Gasteiger partial charge in [-0.05, 0) is 20.8 Å². The Balaban J connectivity index is 2.70. The lowest BCUT2D eigenvalue weighted by atomic mass is 10.1. The lowest BCUT2D eigenvalue weighted by Gasteiger charge is -2.19. The number of nitrogens with one attached hydrogen (secondary N) is 1. The van der Waals surface area contributed by atoms with Crippen LogP contribution in [0.15, 0.2) is 12.4 Å². The number of anilines is 1. The van der Waals surface area contributed by atoms with Gasteiger partial charge in [-0.15, -0.1) is 0 Å². The minimum atomic E-state index is -4.58. The smallest absolute Gasteiger partial charge is 0.414 e. The van der Waals surface area contributed by atoms with E-state index in [4.69, 9.17) is 10.5 Å². The Morgan fingerprint density at radius 1 is 1.30 bits per heavy atom. The highest BCUT2D eigenvalue weighted by molar-refractivity contribution is 5.82. The molecule has 0 aromatic carbocycles. The lowest BCUT2D eigenvalue weighted by molar-refractivity contribution is -0.149. The van der Waals surface area contributed by atoms with E-state index < -0.39 is 23.9 Å². The predicted octanol–water partition coefficient (Wildman–Crippen LogP) is 2.39. The second kappa shape index (κ2) is 5.61. The zero-order valence-electron chi connectivity index (χ0n) is 11.2. The molecule has 3 N–H and O–H groups in total. The summed E-state index contributed by atoms with van der Waals surface area (Å²) < 4.78 is 42.0. The van der Waals surface area contributed by atoms with Gasteiger partial charge in [0.05, 0.1) is 0 Å². The first-order valence-electron chi connectivity index (χ1n) is 5.63. The third-order valence-electron chi connectivity index (χ3n) is 2.00. The van der Waals surface area contributed by atoms with Gasteiger partial charge >= 0.3 is 12.3 Å². The maximum Gasteiger partial charge on any atom is 0.414 e. The van der Waals surface area contributed by atoms with Gasteiger partial charge in [0.25, 0.3) is 0 Å². The minimum Gasteiger partial charge on any atom is -0.444 e. The van der Waals surface area contributed by atoms with Gasteiger partial charge in [-0.1, -0.05) is 0 Å². The molecule has 9 heteroatoms. The SMILES string of the molecule is CC(C)(C)OC(=O)Nc1ncc(C(N)C(F)(F)F)cn1. The predicted molar refractivity (Wildman–Crippen MR) is 64.9 cm³/mol. The van der Waals surface area contributed by atoms with Gasteiger partial charge in [0.1, 0.15) is 11.6 Å². The minimum absolute atomic E-state index is 0.169. The second-order valence-corrected chi connectivity index (χ2v) is 4.99. The maximum absolute atomic E-state index is 12.4. The van der Waals surface area contributed by atoms with Gasteiger partial charge in [0, 0.05) is 18.0 Å². The molecule has 0 radical (unpaired) electrons. The third-order valence-corrected chi connectivity index (χ3v) is 2.00. The van der Waals surface area contributed by atoms with Crippen molar-refractivity contribution in [2.75, 3.05) is 5.32 Å². The number of hydrogen-bond acceptors (Lipinski definition) is 5. The number of nitrogens with two attached hydrogens (primary N) is 1. The maximum atomic E-state index is 12.4. The molecule has 0 bridgehead atoms. The Labute approximate surface area is 113 Å². The summed E-state index contributed by atoms with van der Waals surface area (Å²) in [5.74, 6) is -0.169. The molecule has 1 aromatic rings. The molecule has 0 saturated carbocycles. The standard InChI is InChI=1S/C11H15F3N4O2/c1-10(2,3)20-9(19)18-8-16-4-6(5-17-8)7(15)11(12,13)14/h4-5,7H,15H2,1-3H3,(H,16,17,18,19). The van der Waals surface area contributed by atoms with Gasteiger partial charge in [0.15, 0.2) is 0 Å². The molecule has 112 valence electrons. The molecule has 6 nitrogen and oxygen atoms in total. The van der Waals surface area contributed by atoms with Gasteiger partial charge in [-0.3, -0.25) is 5.32 Å². The summed E-state index contributed by atoms with van der Waals surface area (Å²) in [4.78, 5) is 18.5. The van der Waals surface area contributed by atoms with Gasteiger partial charge in [-0.2, -0.15) is 13.2 Å². The number of carbonyl (C=O) groups excluding carboxylic acids is 1. The van der Waals surface area contributed by atoms with Crippen LogP contribution < -0.4 is 11.1 Å². The van der Waals surface area contributed by atoms with Gasteiger partial charge in [-0.25, -0.2) is 14.8 Å². The number of amides is 1. The highest BCUT2D eigenvalue weighted by Crippen LogP contribution is 2.29. The van der Waals surface area contributed by atoms with Crippen molar-refractivity contribution in [3.8, 4) is 0 Å². The van der Waals surface area contributed by atoms with E-state index in [9.17, 15) is 18.0 Å². The fourth-order valence-electron chi connectivity index (χ4n) is 1.15. The average Bonchev–Trinajstić information content (AvgIpc) is 2.25. The molecule has 1 atom stereocenters. The highest BCUT2D eigenvalue weighted by Gasteiger charge is 2.38. The molecule has 1 heterocycles. The molecule has 1 aromatic heterocycles. The monoisotopic (exact) mass is 292 g/mol. The number of nitrogens with zero attached hydrogens (tertiary/aromatic N) is 2. The van der Waals surface area contributed by atoms with Crippen LogP contribution in [0.4, 0.5) is 23.9 Å². The molecule has 1 unspecified atom stereocenters. The Bertz CT molecular complexity index is 468. The first kappa shape index (κ1) is 16.2. The molecular weight excluding hydrogens is 277 g/mol. The Kier molecular flexibility index (Phi) is 4.53. The first-order chi connectivity index (χ1) is 8.99. The fourth-order valence-corrected chi connectivity index (χ4v) is 1.15. The molecule has 0 aliphatic carbocycles. The van der Waals surface area contributed by atoms with Gasteiger partial charge in [0.2, 0.25) is 5.95 Å². The molecule has 0 fully saturated rings. The Morgan fingerprint density at radius 2 is 1.80 bits per heavy atom. The molecular formula is C11H15F3N4O2. The lowest BCUT2D eigenvalue weighted by Crippen LogP contribution is -2.29. The van der Waals surface area contributed by atoms with Crippen LogP contribution in [0.3, 0.4) is 0 Å². The third kappa shape index (κ3) is 5.00. The molecule has 20 heavy (non-hydrogen) atoms. The molecule has 1 amide bonds. The van der Waals surface area contributed by atoms with E-state index in [1.54, 1.807) is 20.8 Å². The normalized spacial score (nSPS) is 13.8. The van der Waals surface area contributed by atoms with E-state index in [-0.39, 0.29) is 11.5 Å². The quantitative estimate of drug-likeness (QED) is 0.873. The molecule has 0 aliphatic heterocycles. The van der Waals surface area contributed by atoms with Crippen molar-refractivity contribution in [2.24, 2.45) is 5.73 Å². The number of ether oxygens (including phenoxy) is 1. The summed E-state index contributed by atoms with van der Waals surface area (Å²) in [5, 5.41) is 2.20. The van der Waals surface area contributed by atoms with Crippen LogP contribution in [-0.2, 0) is 4.74 Å². The van der Waals surface area contributed by atoms with Crippen molar-refractivity contribution >= 4 is 12.0 Å². The van der Waals surface area contributed by atoms with Crippen molar-refractivity contribution in [3.05, 3.63) is 18.0 Å². The van der Waals surface area contributed by atoms with Crippen molar-refractivity contribution in [2.45, 2.75) is 38.6 Å². The summed E-state index contributed by atoms with van der Waals surface area (Å²) in [7, 11) is 0. The first-order valence-corrected chi connectivity index (χ1v) is 5.63. The fraction of sp³-hybridized carbons (Fsp3) is 0.545. The van der Waals surface area contributed by atoms with Crippen LogP contribution in [-0.4, -0.2) is 27.8 Å². The molecule has 0 spiro atoms. The summed E-state index contributed by atoms with van der Waals surface area (Å²) in [5.41, 5.74) is 3.99. The van der Waals surface area contributed by atoms with Crippen molar-refractivity contribution < 1.29 is 22.7 Å². The number of halogens is 3. The van der Waals surface area contributed by atoms with Crippen LogP contribution in [0.2, 0.25) is 0 Å². The van der Waals surface area contributed by atoms with Gasteiger partial charge < -0.3 is 10.5 Å². The van der Waals surface area contributed by atoms with Crippen molar-refractivity contribution in [3.63, 3.8) is 0 Å². The number of carbonyl (C=O) groups is 1. The van der Waals surface area contributed by atoms with Crippen LogP contribution in [0.5, 0.6) is 0 Å². The zero-order chi connectivity index (χ0) is 15.6. The summed E-state index contributed by atoms with van der Waals surface area (Å²) >= 11 is 0.